The molecule has 0 aliphatic carbocycles. The van der Waals surface area contributed by atoms with Gasteiger partial charge in [-0.05, 0) is 17.7 Å². The number of benzene rings is 1. The third-order valence-corrected chi connectivity index (χ3v) is 2.87. The first-order chi connectivity index (χ1) is 8.53. The van der Waals surface area contributed by atoms with Gasteiger partial charge in [0.1, 0.15) is 12.1 Å². The molecule has 1 N–H and O–H groups in total. The third kappa shape index (κ3) is 3.95. The normalized spacial score (nSPS) is 11.5. The van der Waals surface area contributed by atoms with Crippen LogP contribution in [0, 0.1) is 0 Å². The number of aromatic amines is 1. The molecule has 0 unspecified atom stereocenters. The van der Waals surface area contributed by atoms with E-state index in [1.807, 2.05) is 0 Å². The van der Waals surface area contributed by atoms with Crippen molar-refractivity contribution in [3.63, 3.8) is 0 Å². The molecule has 0 bridgehead atoms. The number of thioether (sulfide) groups is 1. The first kappa shape index (κ1) is 12.7. The predicted molar refractivity (Wildman–Crippen MR) is 59.1 cm³/mol. The maximum absolute atomic E-state index is 11.9. The Kier molecular flexibility index (Phi) is 3.75. The summed E-state index contributed by atoms with van der Waals surface area (Å²) in [5.74, 6) is 0.359. The Bertz CT molecular complexity index is 484. The van der Waals surface area contributed by atoms with Gasteiger partial charge in [0, 0.05) is 5.75 Å². The van der Waals surface area contributed by atoms with Crippen molar-refractivity contribution in [3.8, 4) is 5.75 Å². The highest BCUT2D eigenvalue weighted by atomic mass is 32.2. The van der Waals surface area contributed by atoms with Crippen molar-refractivity contribution < 1.29 is 17.9 Å². The SMILES string of the molecule is FC(F)(F)Oc1ccc(CSc2ncn[nH]2)cc1. The number of hydrogen-bond donors (Lipinski definition) is 1. The minimum Gasteiger partial charge on any atom is -0.406 e. The van der Waals surface area contributed by atoms with Crippen molar-refractivity contribution in [2.75, 3.05) is 0 Å². The van der Waals surface area contributed by atoms with E-state index in [4.69, 9.17) is 0 Å². The van der Waals surface area contributed by atoms with Crippen LogP contribution >= 0.6 is 11.8 Å². The second kappa shape index (κ2) is 5.30. The summed E-state index contributed by atoms with van der Waals surface area (Å²) in [7, 11) is 0. The monoisotopic (exact) mass is 275 g/mol. The number of nitrogens with one attached hydrogen (secondary N) is 1. The summed E-state index contributed by atoms with van der Waals surface area (Å²) in [6.07, 6.45) is -3.27. The van der Waals surface area contributed by atoms with Crippen LogP contribution in [0.15, 0.2) is 35.7 Å². The molecule has 1 aromatic heterocycles. The molecule has 0 aliphatic rings. The van der Waals surface area contributed by atoms with Gasteiger partial charge in [-0.15, -0.1) is 13.2 Å². The molecule has 0 atom stereocenters. The van der Waals surface area contributed by atoms with E-state index in [0.717, 1.165) is 5.56 Å². The number of rotatable bonds is 4. The van der Waals surface area contributed by atoms with Crippen LogP contribution in [0.5, 0.6) is 5.75 Å². The summed E-state index contributed by atoms with van der Waals surface area (Å²) in [5.41, 5.74) is 0.867. The van der Waals surface area contributed by atoms with Crippen molar-refractivity contribution >= 4 is 11.8 Å². The Morgan fingerprint density at radius 1 is 1.22 bits per heavy atom. The minimum atomic E-state index is -4.66. The number of alkyl halides is 3. The quantitative estimate of drug-likeness (QED) is 0.871. The van der Waals surface area contributed by atoms with Gasteiger partial charge in [0.25, 0.3) is 0 Å². The van der Waals surface area contributed by atoms with Crippen molar-refractivity contribution in [2.45, 2.75) is 17.3 Å². The highest BCUT2D eigenvalue weighted by Gasteiger charge is 2.30. The molecule has 18 heavy (non-hydrogen) atoms. The average Bonchev–Trinajstić information content (AvgIpc) is 2.79. The van der Waals surface area contributed by atoms with E-state index in [0.29, 0.717) is 10.9 Å². The molecule has 0 saturated heterocycles. The fraction of sp³-hybridized carbons (Fsp3) is 0.200. The first-order valence-corrected chi connectivity index (χ1v) is 5.84. The summed E-state index contributed by atoms with van der Waals surface area (Å²) < 4.78 is 39.6. The van der Waals surface area contributed by atoms with Crippen LogP contribution in [-0.2, 0) is 5.75 Å². The molecule has 0 spiro atoms. The van der Waals surface area contributed by atoms with Crippen LogP contribution in [-0.4, -0.2) is 21.5 Å². The summed E-state index contributed by atoms with van der Waals surface area (Å²) in [4.78, 5) is 3.92. The lowest BCUT2D eigenvalue weighted by molar-refractivity contribution is -0.274. The van der Waals surface area contributed by atoms with Crippen LogP contribution in [0.1, 0.15) is 5.56 Å². The zero-order valence-electron chi connectivity index (χ0n) is 8.94. The van der Waals surface area contributed by atoms with E-state index >= 15 is 0 Å². The fourth-order valence-electron chi connectivity index (χ4n) is 1.20. The molecule has 0 saturated carbocycles. The lowest BCUT2D eigenvalue weighted by atomic mass is 10.2. The lowest BCUT2D eigenvalue weighted by Crippen LogP contribution is -2.16. The van der Waals surface area contributed by atoms with E-state index in [-0.39, 0.29) is 5.75 Å². The highest BCUT2D eigenvalue weighted by Crippen LogP contribution is 2.24. The zero-order valence-corrected chi connectivity index (χ0v) is 9.76. The molecule has 1 heterocycles. The topological polar surface area (TPSA) is 50.8 Å². The minimum absolute atomic E-state index is 0.226. The van der Waals surface area contributed by atoms with Crippen LogP contribution in [0.3, 0.4) is 0 Å². The number of hydrogen-bond acceptors (Lipinski definition) is 4. The van der Waals surface area contributed by atoms with E-state index in [9.17, 15) is 13.2 Å². The number of halogens is 3. The molecule has 0 radical (unpaired) electrons. The Morgan fingerprint density at radius 2 is 1.94 bits per heavy atom. The van der Waals surface area contributed by atoms with Crippen molar-refractivity contribution in [3.05, 3.63) is 36.2 Å². The van der Waals surface area contributed by atoms with Crippen molar-refractivity contribution in [1.82, 2.24) is 15.2 Å². The summed E-state index contributed by atoms with van der Waals surface area (Å²) in [6, 6.07) is 5.71. The van der Waals surface area contributed by atoms with Gasteiger partial charge >= 0.3 is 6.36 Å². The number of aromatic nitrogens is 3. The maximum atomic E-state index is 11.9. The van der Waals surface area contributed by atoms with Gasteiger partial charge in [-0.25, -0.2) is 4.98 Å². The van der Waals surface area contributed by atoms with E-state index in [1.54, 1.807) is 12.1 Å². The average molecular weight is 275 g/mol. The third-order valence-electron chi connectivity index (χ3n) is 1.93. The molecule has 96 valence electrons. The van der Waals surface area contributed by atoms with E-state index in [2.05, 4.69) is 19.9 Å². The Morgan fingerprint density at radius 3 is 2.50 bits per heavy atom. The summed E-state index contributed by atoms with van der Waals surface area (Å²) in [6.45, 7) is 0. The fourth-order valence-corrected chi connectivity index (χ4v) is 1.94. The predicted octanol–water partition coefficient (Wildman–Crippen LogP) is 3.00. The molecule has 1 aromatic carbocycles. The van der Waals surface area contributed by atoms with Crippen LogP contribution in [0.25, 0.3) is 0 Å². The maximum Gasteiger partial charge on any atom is 0.573 e. The Balaban J connectivity index is 1.91. The van der Waals surface area contributed by atoms with Gasteiger partial charge in [-0.3, -0.25) is 5.10 Å². The highest BCUT2D eigenvalue weighted by molar-refractivity contribution is 7.98. The molecule has 2 rings (SSSR count). The van der Waals surface area contributed by atoms with Crippen molar-refractivity contribution in [2.24, 2.45) is 0 Å². The van der Waals surface area contributed by atoms with Crippen LogP contribution < -0.4 is 4.74 Å². The first-order valence-electron chi connectivity index (χ1n) is 4.86. The summed E-state index contributed by atoms with van der Waals surface area (Å²) >= 11 is 1.41. The lowest BCUT2D eigenvalue weighted by Gasteiger charge is -2.08. The molecule has 0 fully saturated rings. The molecular formula is C10H8F3N3OS. The van der Waals surface area contributed by atoms with Crippen LogP contribution in [0.4, 0.5) is 13.2 Å². The molecule has 8 heteroatoms. The van der Waals surface area contributed by atoms with E-state index < -0.39 is 6.36 Å². The van der Waals surface area contributed by atoms with Gasteiger partial charge in [0.05, 0.1) is 0 Å². The standard InChI is InChI=1S/C10H8F3N3OS/c11-10(12,13)17-8-3-1-7(2-4-8)5-18-9-14-6-15-16-9/h1-4,6H,5H2,(H,14,15,16). The van der Waals surface area contributed by atoms with Gasteiger partial charge in [0.2, 0.25) is 0 Å². The largest absolute Gasteiger partial charge is 0.573 e. The molecular weight excluding hydrogens is 267 g/mol. The molecule has 4 nitrogen and oxygen atoms in total. The van der Waals surface area contributed by atoms with Gasteiger partial charge in [0.15, 0.2) is 5.16 Å². The number of ether oxygens (including phenoxy) is 1. The van der Waals surface area contributed by atoms with E-state index in [1.165, 1.54) is 30.2 Å². The molecule has 2 aromatic rings. The number of nitrogens with zero attached hydrogens (tertiary/aromatic N) is 2. The van der Waals surface area contributed by atoms with Gasteiger partial charge < -0.3 is 4.74 Å². The second-order valence-electron chi connectivity index (χ2n) is 3.27. The van der Waals surface area contributed by atoms with Gasteiger partial charge in [-0.1, -0.05) is 23.9 Å². The second-order valence-corrected chi connectivity index (χ2v) is 4.24. The Hall–Kier alpha value is -1.70. The smallest absolute Gasteiger partial charge is 0.406 e. The number of H-pyrrole nitrogens is 1. The van der Waals surface area contributed by atoms with Crippen LogP contribution in [0.2, 0.25) is 0 Å². The summed E-state index contributed by atoms with van der Waals surface area (Å²) in [5, 5.41) is 7.02. The Labute approximate surface area is 105 Å². The van der Waals surface area contributed by atoms with Gasteiger partial charge in [-0.2, -0.15) is 5.10 Å². The van der Waals surface area contributed by atoms with Crippen molar-refractivity contribution in [1.29, 1.82) is 0 Å². The molecule has 0 aliphatic heterocycles. The zero-order chi connectivity index (χ0) is 13.0. The molecule has 0 amide bonds.